The number of phenolic OH excluding ortho intramolecular Hbond substituents is 1. The number of halogens is 2. The number of likely N-dealkylation sites (tertiary alicyclic amines) is 1. The Kier molecular flexibility index (Phi) is 11.8. The summed E-state index contributed by atoms with van der Waals surface area (Å²) in [6.07, 6.45) is 9.77. The molecule has 11 rings (SSSR count). The van der Waals surface area contributed by atoms with Crippen LogP contribution in [0.25, 0.3) is 55.2 Å². The van der Waals surface area contributed by atoms with Gasteiger partial charge in [-0.3, -0.25) is 14.6 Å². The Morgan fingerprint density at radius 3 is 2.53 bits per heavy atom. The van der Waals surface area contributed by atoms with E-state index in [0.29, 0.717) is 53.4 Å². The van der Waals surface area contributed by atoms with Crippen molar-refractivity contribution in [2.45, 2.75) is 64.3 Å². The van der Waals surface area contributed by atoms with Gasteiger partial charge in [0.1, 0.15) is 54.2 Å². The summed E-state index contributed by atoms with van der Waals surface area (Å²) in [5.41, 5.74) is 1.80. The number of piperazine rings is 1. The van der Waals surface area contributed by atoms with Crippen molar-refractivity contribution < 1.29 is 42.8 Å². The first-order chi connectivity index (χ1) is 35.2. The first-order valence-corrected chi connectivity index (χ1v) is 24.3. The van der Waals surface area contributed by atoms with Gasteiger partial charge in [0.2, 0.25) is 0 Å². The maximum Gasteiger partial charge on any atom is 0.343 e. The predicted molar refractivity (Wildman–Crippen MR) is 268 cm³/mol. The van der Waals surface area contributed by atoms with Gasteiger partial charge >= 0.3 is 12.0 Å². The van der Waals surface area contributed by atoms with Gasteiger partial charge in [-0.1, -0.05) is 32.4 Å². The van der Waals surface area contributed by atoms with E-state index in [1.807, 2.05) is 31.0 Å². The van der Waals surface area contributed by atoms with Crippen LogP contribution in [-0.4, -0.2) is 115 Å². The van der Waals surface area contributed by atoms with Crippen LogP contribution in [0.2, 0.25) is 0 Å². The summed E-state index contributed by atoms with van der Waals surface area (Å²) in [5.74, 6) is 0.439. The number of hydrogen-bond acceptors (Lipinski definition) is 14. The molecule has 2 N–H and O–H groups in total. The fourth-order valence-electron chi connectivity index (χ4n) is 10.8. The highest BCUT2D eigenvalue weighted by Gasteiger charge is 2.45. The van der Waals surface area contributed by atoms with Gasteiger partial charge in [0.15, 0.2) is 11.4 Å². The molecule has 372 valence electrons. The lowest BCUT2D eigenvalue weighted by Crippen LogP contribution is -2.49. The number of nitrogens with zero attached hydrogens (tertiary/aromatic N) is 8. The lowest BCUT2D eigenvalue weighted by Gasteiger charge is -2.36. The van der Waals surface area contributed by atoms with Crippen LogP contribution in [0.1, 0.15) is 60.9 Å². The van der Waals surface area contributed by atoms with Crippen LogP contribution in [0.4, 0.5) is 14.6 Å². The Morgan fingerprint density at radius 2 is 1.79 bits per heavy atom. The predicted octanol–water partition coefficient (Wildman–Crippen LogP) is 6.52. The third-order valence-electron chi connectivity index (χ3n) is 14.9. The molecule has 4 aliphatic rings. The SMILES string of the molecule is C#Cc1c(F)ccc2cc(O)cc(-c3ncc4c(N5CCN(C(=O)C(=C)COc6ccc7nc8c(c(CC)c7c6)Cn6c-8cc7c(c6=O)COC(=O)C7(O)CC)CC5)nc(OCC5CCCN5C)nc4c3F)c12. The molecule has 1 amide bonds. The average molecular weight is 989 g/mol. The fourth-order valence-corrected chi connectivity index (χ4v) is 10.8. The molecule has 0 aliphatic carbocycles. The van der Waals surface area contributed by atoms with Gasteiger partial charge in [0.05, 0.1) is 40.0 Å². The van der Waals surface area contributed by atoms with E-state index in [1.165, 1.54) is 30.5 Å². The first kappa shape index (κ1) is 47.3. The number of carbonyl (C=O) groups is 2. The molecule has 0 spiro atoms. The summed E-state index contributed by atoms with van der Waals surface area (Å²) in [6.45, 7) is 10.1. The molecule has 3 aromatic carbocycles. The Morgan fingerprint density at radius 1 is 0.986 bits per heavy atom. The van der Waals surface area contributed by atoms with E-state index in [4.69, 9.17) is 30.6 Å². The minimum atomic E-state index is -1.93. The zero-order valence-corrected chi connectivity index (χ0v) is 40.4. The number of aromatic hydroxyl groups is 1. The van der Waals surface area contributed by atoms with Crippen molar-refractivity contribution in [2.24, 2.45) is 0 Å². The molecule has 2 saturated heterocycles. The minimum absolute atomic E-state index is 0.0437. The molecule has 16 nitrogen and oxygen atoms in total. The lowest BCUT2D eigenvalue weighted by atomic mass is 9.86. The van der Waals surface area contributed by atoms with Crippen LogP contribution < -0.4 is 19.9 Å². The quantitative estimate of drug-likeness (QED) is 0.0811. The maximum atomic E-state index is 17.1. The Balaban J connectivity index is 0.820. The number of amides is 1. The summed E-state index contributed by atoms with van der Waals surface area (Å²) < 4.78 is 51.3. The average Bonchev–Trinajstić information content (AvgIpc) is 3.99. The van der Waals surface area contributed by atoms with Gasteiger partial charge in [-0.2, -0.15) is 9.97 Å². The number of esters is 1. The zero-order valence-electron chi connectivity index (χ0n) is 40.4. The second-order valence-electron chi connectivity index (χ2n) is 19.0. The molecule has 4 aromatic heterocycles. The number of phenols is 1. The van der Waals surface area contributed by atoms with Crippen LogP contribution in [0.5, 0.6) is 17.5 Å². The van der Waals surface area contributed by atoms with Crippen molar-refractivity contribution in [3.63, 3.8) is 0 Å². The number of hydrogen-bond donors (Lipinski definition) is 2. The molecule has 7 aromatic rings. The summed E-state index contributed by atoms with van der Waals surface area (Å²) >= 11 is 0. The second-order valence-corrected chi connectivity index (χ2v) is 19.0. The fraction of sp³-hybridized carbons (Fsp3) is 0.327. The normalized spacial score (nSPS) is 18.4. The summed E-state index contributed by atoms with van der Waals surface area (Å²) in [5, 5.41) is 23.7. The third kappa shape index (κ3) is 7.85. The molecule has 2 atom stereocenters. The van der Waals surface area contributed by atoms with Crippen molar-refractivity contribution >= 4 is 50.3 Å². The van der Waals surface area contributed by atoms with Gasteiger partial charge < -0.3 is 43.7 Å². The van der Waals surface area contributed by atoms with Crippen LogP contribution >= 0.6 is 0 Å². The largest absolute Gasteiger partial charge is 0.508 e. The highest BCUT2D eigenvalue weighted by Crippen LogP contribution is 2.42. The molecule has 0 saturated carbocycles. The Bertz CT molecular complexity index is 3620. The number of cyclic esters (lactones) is 1. The number of pyridine rings is 3. The molecule has 4 aliphatic heterocycles. The molecule has 2 fully saturated rings. The van der Waals surface area contributed by atoms with Crippen LogP contribution in [0.3, 0.4) is 0 Å². The molecule has 73 heavy (non-hydrogen) atoms. The highest BCUT2D eigenvalue weighted by molar-refractivity contribution is 6.03. The first-order valence-electron chi connectivity index (χ1n) is 24.3. The number of terminal acetylenes is 1. The molecule has 8 heterocycles. The number of ether oxygens (including phenoxy) is 3. The van der Waals surface area contributed by atoms with E-state index in [1.54, 1.807) is 28.5 Å². The molecule has 18 heteroatoms. The van der Waals surface area contributed by atoms with Gasteiger partial charge in [-0.25, -0.2) is 18.6 Å². The second kappa shape index (κ2) is 18.2. The number of likely N-dealkylation sites (N-methyl/N-ethyl adjacent to an activating group) is 1. The summed E-state index contributed by atoms with van der Waals surface area (Å²) in [6, 6.07) is 12.6. The van der Waals surface area contributed by atoms with Crippen LogP contribution in [-0.2, 0) is 39.5 Å². The highest BCUT2D eigenvalue weighted by atomic mass is 19.1. The Hall–Kier alpha value is -8.01. The number of aliphatic hydroxyl groups is 1. The molecule has 0 radical (unpaired) electrons. The van der Waals surface area contributed by atoms with Crippen molar-refractivity contribution in [3.05, 3.63) is 117 Å². The smallest absolute Gasteiger partial charge is 0.343 e. The van der Waals surface area contributed by atoms with Crippen molar-refractivity contribution in [1.82, 2.24) is 34.3 Å². The zero-order chi connectivity index (χ0) is 51.0. The van der Waals surface area contributed by atoms with E-state index in [2.05, 4.69) is 27.4 Å². The van der Waals surface area contributed by atoms with Gasteiger partial charge in [0.25, 0.3) is 11.5 Å². The number of anilines is 1. The Labute approximate surface area is 417 Å². The summed E-state index contributed by atoms with van der Waals surface area (Å²) in [7, 11) is 2.02. The maximum absolute atomic E-state index is 17.1. The van der Waals surface area contributed by atoms with E-state index < -0.39 is 23.2 Å². The summed E-state index contributed by atoms with van der Waals surface area (Å²) in [4.78, 5) is 65.0. The number of aromatic nitrogens is 5. The number of benzene rings is 3. The van der Waals surface area contributed by atoms with Crippen LogP contribution in [0, 0.1) is 24.0 Å². The molecule has 0 bridgehead atoms. The van der Waals surface area contributed by atoms with Crippen molar-refractivity contribution in [3.8, 4) is 52.5 Å². The topological polar surface area (TPSA) is 186 Å². The molecular formula is C55H50F2N8O8. The number of rotatable bonds is 11. The lowest BCUT2D eigenvalue weighted by molar-refractivity contribution is -0.172. The molecular weight excluding hydrogens is 939 g/mol. The van der Waals surface area contributed by atoms with Crippen molar-refractivity contribution in [1.29, 1.82) is 0 Å². The van der Waals surface area contributed by atoms with E-state index in [-0.39, 0.29) is 125 Å². The minimum Gasteiger partial charge on any atom is -0.508 e. The van der Waals surface area contributed by atoms with Crippen molar-refractivity contribution in [2.75, 3.05) is 57.9 Å². The number of fused-ring (bicyclic) bond motifs is 7. The van der Waals surface area contributed by atoms with E-state index in [9.17, 15) is 24.6 Å². The standard InChI is InChI=1S/C55H50F2N8O8/c1-6-34-36-22-33(12-14-43(36)59-47-39(34)25-65-44(47)23-41-40(52(65)68)28-72-53(69)55(41,70)8-3)71-26-29(4)51(67)64-18-16-63(17-19-64)50-38-24-58-48(37-21-32(66)20-30-11-13-42(56)35(7-2)45(30)37)46(57)49(38)60-54(61-50)73-27-31-10-9-15-62(31)5/h2,11-14,20-24,31,66,70H,4,6,8-10,15-19,25-28H2,1,3,5H3. The van der Waals surface area contributed by atoms with Gasteiger partial charge in [-0.05, 0) is 92.7 Å². The van der Waals surface area contributed by atoms with E-state index >= 15 is 8.78 Å². The van der Waals surface area contributed by atoms with E-state index in [0.717, 1.165) is 35.9 Å². The third-order valence-corrected chi connectivity index (χ3v) is 14.9. The number of aryl methyl sites for hydroxylation is 1. The van der Waals surface area contributed by atoms with Gasteiger partial charge in [-0.15, -0.1) is 6.42 Å². The van der Waals surface area contributed by atoms with Crippen LogP contribution in [0.15, 0.2) is 71.7 Å². The number of carbonyl (C=O) groups excluding carboxylic acids is 2. The van der Waals surface area contributed by atoms with Gasteiger partial charge in [0, 0.05) is 71.5 Å². The monoisotopic (exact) mass is 988 g/mol. The molecule has 2 unspecified atom stereocenters.